The van der Waals surface area contributed by atoms with Gasteiger partial charge in [-0.25, -0.2) is 13.2 Å². The molecule has 0 unspecified atom stereocenters. The van der Waals surface area contributed by atoms with Crippen LogP contribution in [-0.4, -0.2) is 54.6 Å². The number of aromatic amines is 1. The van der Waals surface area contributed by atoms with E-state index in [1.165, 1.54) is 4.31 Å². The summed E-state index contributed by atoms with van der Waals surface area (Å²) in [6, 6.07) is 9.22. The number of nitrogens with two attached hydrogens (primary N) is 1. The van der Waals surface area contributed by atoms with Gasteiger partial charge in [0.2, 0.25) is 0 Å². The molecule has 1 saturated heterocycles. The van der Waals surface area contributed by atoms with Crippen LogP contribution in [-0.2, 0) is 14.8 Å². The standard InChI is InChI=1S/C16H20N4O4S.ClH/c1-2-24-16(21)12-8-18-19-15(12)25(22,23)20-9-13(14(17)10-20)11-6-4-3-5-7-11;/h3-8,13-14H,2,9-10,17H2,1H3,(H,18,19);1H/t13-,14+;/m0./s1. The number of hydrogen-bond acceptors (Lipinski definition) is 6. The molecule has 0 saturated carbocycles. The minimum absolute atomic E-state index is 0. The lowest BCUT2D eigenvalue weighted by Gasteiger charge is -2.16. The first-order valence-electron chi connectivity index (χ1n) is 7.96. The summed E-state index contributed by atoms with van der Waals surface area (Å²) in [7, 11) is -3.93. The highest BCUT2D eigenvalue weighted by molar-refractivity contribution is 7.89. The van der Waals surface area contributed by atoms with E-state index < -0.39 is 16.0 Å². The van der Waals surface area contributed by atoms with Gasteiger partial charge in [-0.3, -0.25) is 5.10 Å². The van der Waals surface area contributed by atoms with Crippen molar-refractivity contribution in [2.75, 3.05) is 19.7 Å². The minimum atomic E-state index is -3.93. The fourth-order valence-electron chi connectivity index (χ4n) is 3.00. The van der Waals surface area contributed by atoms with Gasteiger partial charge in [-0.05, 0) is 12.5 Å². The number of benzene rings is 1. The highest BCUT2D eigenvalue weighted by Gasteiger charge is 2.40. The molecule has 142 valence electrons. The fourth-order valence-corrected chi connectivity index (χ4v) is 4.56. The number of esters is 1. The minimum Gasteiger partial charge on any atom is -0.462 e. The van der Waals surface area contributed by atoms with Crippen LogP contribution in [0.4, 0.5) is 0 Å². The van der Waals surface area contributed by atoms with Gasteiger partial charge >= 0.3 is 5.97 Å². The highest BCUT2D eigenvalue weighted by atomic mass is 35.5. The Hall–Kier alpha value is -1.94. The molecule has 1 aliphatic rings. The zero-order valence-corrected chi connectivity index (χ0v) is 15.8. The van der Waals surface area contributed by atoms with Gasteiger partial charge in [-0.2, -0.15) is 9.40 Å². The summed E-state index contributed by atoms with van der Waals surface area (Å²) in [5.74, 6) is -0.831. The number of hydrogen-bond donors (Lipinski definition) is 2. The lowest BCUT2D eigenvalue weighted by atomic mass is 9.95. The van der Waals surface area contributed by atoms with Crippen molar-refractivity contribution in [1.29, 1.82) is 0 Å². The molecule has 0 spiro atoms. The topological polar surface area (TPSA) is 118 Å². The Bertz CT molecular complexity index is 856. The van der Waals surface area contributed by atoms with Crippen molar-refractivity contribution in [2.45, 2.75) is 23.9 Å². The summed E-state index contributed by atoms with van der Waals surface area (Å²) in [6.07, 6.45) is 1.16. The molecule has 1 aromatic carbocycles. The molecule has 2 heterocycles. The number of nitrogens with zero attached hydrogens (tertiary/aromatic N) is 2. The number of nitrogens with one attached hydrogen (secondary N) is 1. The first kappa shape index (κ1) is 20.4. The molecule has 3 N–H and O–H groups in total. The van der Waals surface area contributed by atoms with E-state index in [-0.39, 0.29) is 54.7 Å². The second kappa shape index (κ2) is 8.17. The molecule has 1 aliphatic heterocycles. The molecule has 2 aromatic rings. The molecule has 3 rings (SSSR count). The zero-order valence-electron chi connectivity index (χ0n) is 14.2. The third-order valence-corrected chi connectivity index (χ3v) is 6.06. The number of sulfonamides is 1. The van der Waals surface area contributed by atoms with E-state index in [4.69, 9.17) is 10.5 Å². The maximum Gasteiger partial charge on any atom is 0.342 e. The third-order valence-electron chi connectivity index (χ3n) is 4.26. The molecule has 0 aliphatic carbocycles. The van der Waals surface area contributed by atoms with Crippen molar-refractivity contribution < 1.29 is 17.9 Å². The summed E-state index contributed by atoms with van der Waals surface area (Å²) in [5.41, 5.74) is 7.06. The first-order valence-corrected chi connectivity index (χ1v) is 9.40. The number of halogens is 1. The van der Waals surface area contributed by atoms with E-state index >= 15 is 0 Å². The Morgan fingerprint density at radius 3 is 2.69 bits per heavy atom. The number of ether oxygens (including phenoxy) is 1. The third kappa shape index (κ3) is 3.75. The highest BCUT2D eigenvalue weighted by Crippen LogP contribution is 2.30. The molecule has 2 atom stereocenters. The van der Waals surface area contributed by atoms with Gasteiger partial charge in [-0.15, -0.1) is 12.4 Å². The van der Waals surface area contributed by atoms with Gasteiger partial charge in [0.05, 0.1) is 12.8 Å². The predicted octanol–water partition coefficient (Wildman–Crippen LogP) is 1.12. The van der Waals surface area contributed by atoms with Crippen LogP contribution < -0.4 is 5.73 Å². The monoisotopic (exact) mass is 400 g/mol. The quantitative estimate of drug-likeness (QED) is 0.726. The summed E-state index contributed by atoms with van der Waals surface area (Å²) >= 11 is 0. The average Bonchev–Trinajstić information content (AvgIpc) is 3.23. The second-order valence-electron chi connectivity index (χ2n) is 5.84. The van der Waals surface area contributed by atoms with Crippen molar-refractivity contribution in [2.24, 2.45) is 5.73 Å². The molecule has 0 bridgehead atoms. The van der Waals surface area contributed by atoms with Crippen molar-refractivity contribution in [1.82, 2.24) is 14.5 Å². The Labute approximate surface area is 158 Å². The Morgan fingerprint density at radius 1 is 1.35 bits per heavy atom. The van der Waals surface area contributed by atoms with Crippen molar-refractivity contribution in [3.05, 3.63) is 47.7 Å². The largest absolute Gasteiger partial charge is 0.462 e. The van der Waals surface area contributed by atoms with Crippen LogP contribution in [0.3, 0.4) is 0 Å². The summed E-state index contributed by atoms with van der Waals surface area (Å²) in [6.45, 7) is 2.21. The molecular formula is C16H21ClN4O4S. The lowest BCUT2D eigenvalue weighted by Crippen LogP contribution is -2.33. The summed E-state index contributed by atoms with van der Waals surface area (Å²) in [5, 5.41) is 5.85. The fraction of sp³-hybridized carbons (Fsp3) is 0.375. The van der Waals surface area contributed by atoms with Gasteiger partial charge in [-0.1, -0.05) is 30.3 Å². The van der Waals surface area contributed by atoms with Gasteiger partial charge < -0.3 is 10.5 Å². The number of aromatic nitrogens is 2. The SMILES string of the molecule is CCOC(=O)c1cn[nH]c1S(=O)(=O)N1C[C@@H](N)[C@H](c2ccccc2)C1.Cl. The van der Waals surface area contributed by atoms with E-state index in [1.807, 2.05) is 30.3 Å². The van der Waals surface area contributed by atoms with Gasteiger partial charge in [0.1, 0.15) is 5.56 Å². The Morgan fingerprint density at radius 2 is 2.04 bits per heavy atom. The molecule has 1 aromatic heterocycles. The van der Waals surface area contributed by atoms with E-state index in [2.05, 4.69) is 10.2 Å². The lowest BCUT2D eigenvalue weighted by molar-refractivity contribution is 0.0521. The van der Waals surface area contributed by atoms with Crippen LogP contribution >= 0.6 is 12.4 Å². The molecule has 10 heteroatoms. The number of rotatable bonds is 5. The van der Waals surface area contributed by atoms with E-state index in [9.17, 15) is 13.2 Å². The molecular weight excluding hydrogens is 380 g/mol. The number of carbonyl (C=O) groups is 1. The van der Waals surface area contributed by atoms with E-state index in [1.54, 1.807) is 6.92 Å². The van der Waals surface area contributed by atoms with Gasteiger partial charge in [0.15, 0.2) is 5.03 Å². The molecule has 8 nitrogen and oxygen atoms in total. The van der Waals surface area contributed by atoms with Crippen LogP contribution in [0.15, 0.2) is 41.6 Å². The van der Waals surface area contributed by atoms with Crippen molar-refractivity contribution in [3.8, 4) is 0 Å². The second-order valence-corrected chi connectivity index (χ2v) is 7.71. The molecule has 0 amide bonds. The molecule has 1 fully saturated rings. The van der Waals surface area contributed by atoms with Crippen LogP contribution in [0.1, 0.15) is 28.8 Å². The van der Waals surface area contributed by atoms with Crippen molar-refractivity contribution >= 4 is 28.4 Å². The maximum absolute atomic E-state index is 12.9. The van der Waals surface area contributed by atoms with Gasteiger partial charge in [0, 0.05) is 25.0 Å². The van der Waals surface area contributed by atoms with Crippen LogP contribution in [0.5, 0.6) is 0 Å². The Kier molecular flexibility index (Phi) is 6.40. The molecule has 0 radical (unpaired) electrons. The average molecular weight is 401 g/mol. The van der Waals surface area contributed by atoms with Gasteiger partial charge in [0.25, 0.3) is 10.0 Å². The van der Waals surface area contributed by atoms with E-state index in [0.29, 0.717) is 0 Å². The molecule has 26 heavy (non-hydrogen) atoms. The summed E-state index contributed by atoms with van der Waals surface area (Å²) < 4.78 is 32.1. The number of H-pyrrole nitrogens is 1. The van der Waals surface area contributed by atoms with Crippen LogP contribution in [0.25, 0.3) is 0 Å². The first-order chi connectivity index (χ1) is 11.9. The number of carbonyl (C=O) groups excluding carboxylic acids is 1. The normalized spacial score (nSPS) is 20.5. The smallest absolute Gasteiger partial charge is 0.342 e. The predicted molar refractivity (Wildman–Crippen MR) is 97.7 cm³/mol. The maximum atomic E-state index is 12.9. The summed E-state index contributed by atoms with van der Waals surface area (Å²) in [4.78, 5) is 11.9. The Balaban J connectivity index is 0.00000243. The zero-order chi connectivity index (χ0) is 18.0. The van der Waals surface area contributed by atoms with Crippen LogP contribution in [0, 0.1) is 0 Å². The van der Waals surface area contributed by atoms with Crippen LogP contribution in [0.2, 0.25) is 0 Å². The van der Waals surface area contributed by atoms with E-state index in [0.717, 1.165) is 11.8 Å². The van der Waals surface area contributed by atoms with Crippen molar-refractivity contribution in [3.63, 3.8) is 0 Å².